The summed E-state index contributed by atoms with van der Waals surface area (Å²) >= 11 is 3.43. The first-order valence-corrected chi connectivity index (χ1v) is 15.4. The number of nitrogens with zero attached hydrogens (tertiary/aromatic N) is 3. The van der Waals surface area contributed by atoms with Crippen molar-refractivity contribution in [1.29, 1.82) is 5.26 Å². The summed E-state index contributed by atoms with van der Waals surface area (Å²) in [6.45, 7) is 5.92. The number of aromatic nitrogens is 1. The fourth-order valence-electron chi connectivity index (χ4n) is 4.88. The van der Waals surface area contributed by atoms with Crippen LogP contribution in [0.1, 0.15) is 47.7 Å². The topological polar surface area (TPSA) is 103 Å². The number of thiazole rings is 1. The van der Waals surface area contributed by atoms with Crippen molar-refractivity contribution in [3.8, 4) is 17.6 Å². The van der Waals surface area contributed by atoms with Gasteiger partial charge in [0, 0.05) is 5.56 Å². The second-order valence-corrected chi connectivity index (χ2v) is 12.0. The summed E-state index contributed by atoms with van der Waals surface area (Å²) in [6, 6.07) is 20.3. The molecular weight excluding hydrogens is 677 g/mol. The quantitative estimate of drug-likeness (QED) is 0.185. The van der Waals surface area contributed by atoms with Gasteiger partial charge in [-0.3, -0.25) is 9.36 Å². The summed E-state index contributed by atoms with van der Waals surface area (Å²) in [4.78, 5) is 32.2. The molecule has 0 unspecified atom stereocenters. The second kappa shape index (κ2) is 13.0. The molecule has 0 fully saturated rings. The lowest BCUT2D eigenvalue weighted by atomic mass is 9.95. The van der Waals surface area contributed by atoms with Gasteiger partial charge in [0.15, 0.2) is 16.3 Å². The van der Waals surface area contributed by atoms with E-state index in [0.717, 1.165) is 25.8 Å². The molecule has 1 aromatic heterocycles. The first-order chi connectivity index (χ1) is 20.7. The molecule has 2 heterocycles. The van der Waals surface area contributed by atoms with Crippen molar-refractivity contribution in [3.63, 3.8) is 0 Å². The number of nitriles is 1. The standard InChI is InChI=1S/C33H28IN3O5S/c1-5-41-32(39)28-20(3)36-33-37(29(28)22-12-10-19(2)11-13-22)31(38)27(43-33)16-21-14-25(34)30(26(15-21)40-4)42-18-24-9-7-6-8-23(24)17-35/h6-16,29H,5,18H2,1-4H3/b27-16+/t29-/m1/s1. The van der Waals surface area contributed by atoms with Crippen LogP contribution in [0.4, 0.5) is 0 Å². The third-order valence-corrected chi connectivity index (χ3v) is 8.75. The Kier molecular flexibility index (Phi) is 9.13. The van der Waals surface area contributed by atoms with E-state index in [0.29, 0.717) is 37.7 Å². The Morgan fingerprint density at radius 1 is 1.16 bits per heavy atom. The van der Waals surface area contributed by atoms with Gasteiger partial charge in [-0.05, 0) is 78.8 Å². The number of allylic oxidation sites excluding steroid dienone is 1. The largest absolute Gasteiger partial charge is 0.493 e. The van der Waals surface area contributed by atoms with Crippen molar-refractivity contribution >= 4 is 46.0 Å². The first kappa shape index (κ1) is 30.3. The second-order valence-electron chi connectivity index (χ2n) is 9.80. The Balaban J connectivity index is 1.57. The zero-order valence-corrected chi connectivity index (χ0v) is 27.0. The van der Waals surface area contributed by atoms with Gasteiger partial charge in [-0.2, -0.15) is 5.26 Å². The van der Waals surface area contributed by atoms with Crippen LogP contribution in [0, 0.1) is 21.8 Å². The van der Waals surface area contributed by atoms with Crippen LogP contribution < -0.4 is 24.4 Å². The number of ether oxygens (including phenoxy) is 3. The van der Waals surface area contributed by atoms with Gasteiger partial charge in [0.05, 0.1) is 50.8 Å². The predicted octanol–water partition coefficient (Wildman–Crippen LogP) is 5.17. The molecule has 0 aliphatic carbocycles. The average Bonchev–Trinajstić information content (AvgIpc) is 3.30. The highest BCUT2D eigenvalue weighted by Crippen LogP contribution is 2.35. The molecule has 0 spiro atoms. The van der Waals surface area contributed by atoms with Gasteiger partial charge in [0.2, 0.25) is 0 Å². The van der Waals surface area contributed by atoms with Crippen LogP contribution in [-0.4, -0.2) is 24.3 Å². The molecule has 5 rings (SSSR count). The molecule has 1 aliphatic heterocycles. The van der Waals surface area contributed by atoms with Gasteiger partial charge in [0.1, 0.15) is 6.61 Å². The number of aryl methyl sites for hydroxylation is 1. The van der Waals surface area contributed by atoms with E-state index in [9.17, 15) is 14.9 Å². The van der Waals surface area contributed by atoms with Crippen molar-refractivity contribution in [2.75, 3.05) is 13.7 Å². The van der Waals surface area contributed by atoms with Crippen LogP contribution in [0.15, 0.2) is 81.7 Å². The number of carbonyl (C=O) groups is 1. The van der Waals surface area contributed by atoms with Gasteiger partial charge >= 0.3 is 5.97 Å². The van der Waals surface area contributed by atoms with Crippen molar-refractivity contribution in [3.05, 3.63) is 123 Å². The van der Waals surface area contributed by atoms with Crippen molar-refractivity contribution < 1.29 is 19.0 Å². The fourth-order valence-corrected chi connectivity index (χ4v) is 6.70. The molecule has 43 heavy (non-hydrogen) atoms. The third-order valence-electron chi connectivity index (χ3n) is 6.97. The van der Waals surface area contributed by atoms with Crippen LogP contribution in [0.5, 0.6) is 11.5 Å². The maximum atomic E-state index is 14.0. The Bertz CT molecular complexity index is 1970. The van der Waals surface area contributed by atoms with E-state index in [1.807, 2.05) is 55.5 Å². The van der Waals surface area contributed by atoms with Crippen LogP contribution in [0.2, 0.25) is 0 Å². The summed E-state index contributed by atoms with van der Waals surface area (Å²) in [7, 11) is 1.56. The van der Waals surface area contributed by atoms with Gasteiger partial charge in [0.25, 0.3) is 5.56 Å². The zero-order chi connectivity index (χ0) is 30.7. The number of fused-ring (bicyclic) bond motifs is 1. The summed E-state index contributed by atoms with van der Waals surface area (Å²) in [5, 5.41) is 9.41. The van der Waals surface area contributed by atoms with E-state index < -0.39 is 12.0 Å². The molecule has 218 valence electrons. The van der Waals surface area contributed by atoms with Gasteiger partial charge in [-0.1, -0.05) is 59.4 Å². The molecule has 0 bridgehead atoms. The number of rotatable bonds is 8. The number of hydrogen-bond donors (Lipinski definition) is 0. The maximum absolute atomic E-state index is 14.0. The predicted molar refractivity (Wildman–Crippen MR) is 173 cm³/mol. The Morgan fingerprint density at radius 3 is 2.60 bits per heavy atom. The smallest absolute Gasteiger partial charge is 0.338 e. The Hall–Kier alpha value is -4.21. The monoisotopic (exact) mass is 705 g/mol. The summed E-state index contributed by atoms with van der Waals surface area (Å²) in [5.74, 6) is 0.553. The minimum Gasteiger partial charge on any atom is -0.493 e. The lowest BCUT2D eigenvalue weighted by Gasteiger charge is -2.24. The van der Waals surface area contributed by atoms with E-state index in [4.69, 9.17) is 14.2 Å². The Labute approximate surface area is 266 Å². The molecule has 4 aromatic rings. The summed E-state index contributed by atoms with van der Waals surface area (Å²) in [5.41, 5.74) is 4.54. The molecule has 8 nitrogen and oxygen atoms in total. The molecule has 10 heteroatoms. The van der Waals surface area contributed by atoms with Crippen LogP contribution in [0.3, 0.4) is 0 Å². The number of carbonyl (C=O) groups excluding carboxylic acids is 1. The van der Waals surface area contributed by atoms with Crippen molar-refractivity contribution in [2.24, 2.45) is 4.99 Å². The van der Waals surface area contributed by atoms with E-state index in [1.54, 1.807) is 43.7 Å². The molecule has 3 aromatic carbocycles. The highest BCUT2D eigenvalue weighted by atomic mass is 127. The van der Waals surface area contributed by atoms with E-state index in [-0.39, 0.29) is 18.8 Å². The van der Waals surface area contributed by atoms with E-state index in [1.165, 1.54) is 11.3 Å². The lowest BCUT2D eigenvalue weighted by molar-refractivity contribution is -0.139. The number of methoxy groups -OCH3 is 1. The van der Waals surface area contributed by atoms with Crippen LogP contribution >= 0.6 is 33.9 Å². The molecule has 1 atom stereocenters. The number of hydrogen-bond acceptors (Lipinski definition) is 8. The van der Waals surface area contributed by atoms with E-state index in [2.05, 4.69) is 33.7 Å². The van der Waals surface area contributed by atoms with Crippen LogP contribution in [-0.2, 0) is 16.1 Å². The highest BCUT2D eigenvalue weighted by molar-refractivity contribution is 14.1. The van der Waals surface area contributed by atoms with Crippen molar-refractivity contribution in [1.82, 2.24) is 4.57 Å². The summed E-state index contributed by atoms with van der Waals surface area (Å²) < 4.78 is 19.9. The summed E-state index contributed by atoms with van der Waals surface area (Å²) in [6.07, 6.45) is 1.79. The molecule has 0 radical (unpaired) electrons. The molecule has 0 saturated carbocycles. The highest BCUT2D eigenvalue weighted by Gasteiger charge is 2.33. The minimum atomic E-state index is -0.667. The fraction of sp³-hybridized carbons (Fsp3) is 0.212. The van der Waals surface area contributed by atoms with Crippen molar-refractivity contribution in [2.45, 2.75) is 33.4 Å². The van der Waals surface area contributed by atoms with Gasteiger partial charge in [-0.25, -0.2) is 9.79 Å². The van der Waals surface area contributed by atoms with E-state index >= 15 is 0 Å². The average molecular weight is 706 g/mol. The Morgan fingerprint density at radius 2 is 1.91 bits per heavy atom. The maximum Gasteiger partial charge on any atom is 0.338 e. The molecule has 1 aliphatic rings. The molecule has 0 amide bonds. The number of benzene rings is 3. The minimum absolute atomic E-state index is 0.204. The lowest BCUT2D eigenvalue weighted by Crippen LogP contribution is -2.39. The number of halogens is 1. The van der Waals surface area contributed by atoms with Gasteiger partial charge < -0.3 is 14.2 Å². The molecular formula is C33H28IN3O5S. The SMILES string of the molecule is CCOC(=O)C1=C(C)N=c2s/c(=C/c3cc(I)c(OCc4ccccc4C#N)c(OC)c3)c(=O)n2[C@@H]1c1ccc(C)cc1. The molecule has 0 saturated heterocycles. The first-order valence-electron chi connectivity index (χ1n) is 13.5. The van der Waals surface area contributed by atoms with Gasteiger partial charge in [-0.15, -0.1) is 0 Å². The number of esters is 1. The van der Waals surface area contributed by atoms with Crippen LogP contribution in [0.25, 0.3) is 6.08 Å². The zero-order valence-electron chi connectivity index (χ0n) is 24.0. The third kappa shape index (κ3) is 6.14. The normalized spacial score (nSPS) is 14.5. The molecule has 0 N–H and O–H groups in total.